The molecule has 0 fully saturated rings. The lowest BCUT2D eigenvalue weighted by Gasteiger charge is -2.09. The molecule has 0 saturated heterocycles. The fourth-order valence-corrected chi connectivity index (χ4v) is 2.82. The molecule has 3 rings (SSSR count). The van der Waals surface area contributed by atoms with Gasteiger partial charge in [-0.1, -0.05) is 23.7 Å². The quantitative estimate of drug-likeness (QED) is 0.453. The van der Waals surface area contributed by atoms with E-state index >= 15 is 0 Å². The monoisotopic (exact) mass is 412 g/mol. The van der Waals surface area contributed by atoms with Crippen LogP contribution in [0.15, 0.2) is 63.8 Å². The van der Waals surface area contributed by atoms with Gasteiger partial charge in [-0.25, -0.2) is 14.4 Å². The molecule has 1 aromatic heterocycles. The Kier molecular flexibility index (Phi) is 6.14. The minimum Gasteiger partial charge on any atom is -0.457 e. The highest BCUT2D eigenvalue weighted by Gasteiger charge is 2.17. The van der Waals surface area contributed by atoms with Crippen molar-refractivity contribution in [3.8, 4) is 5.75 Å². The largest absolute Gasteiger partial charge is 0.457 e. The Labute approximate surface area is 171 Å². The summed E-state index contributed by atoms with van der Waals surface area (Å²) in [7, 11) is 0. The van der Waals surface area contributed by atoms with Crippen molar-refractivity contribution in [2.75, 3.05) is 0 Å². The van der Waals surface area contributed by atoms with E-state index in [4.69, 9.17) is 25.5 Å². The van der Waals surface area contributed by atoms with Crippen LogP contribution in [0, 0.1) is 13.8 Å². The van der Waals surface area contributed by atoms with Crippen LogP contribution < -0.4 is 10.4 Å². The number of halogens is 1. The number of aryl methyl sites for hydroxylation is 2. The molecule has 3 aromatic rings. The Bertz CT molecular complexity index is 1070. The van der Waals surface area contributed by atoms with Gasteiger partial charge in [-0.05, 0) is 61.4 Å². The average Bonchev–Trinajstić information content (AvgIpc) is 2.67. The van der Waals surface area contributed by atoms with Crippen LogP contribution in [-0.2, 0) is 11.3 Å². The summed E-state index contributed by atoms with van der Waals surface area (Å²) < 4.78 is 15.5. The lowest BCUT2D eigenvalue weighted by molar-refractivity contribution is 0.0466. The van der Waals surface area contributed by atoms with Crippen molar-refractivity contribution in [3.63, 3.8) is 0 Å². The molecule has 0 saturated carbocycles. The second-order valence-corrected chi connectivity index (χ2v) is 6.73. The van der Waals surface area contributed by atoms with Crippen molar-refractivity contribution >= 4 is 23.5 Å². The Morgan fingerprint density at radius 1 is 0.966 bits per heavy atom. The van der Waals surface area contributed by atoms with Gasteiger partial charge in [-0.3, -0.25) is 0 Å². The number of carbonyl (C=O) groups is 2. The standard InChI is InChI=1S/C22H17ClO6/c1-13-11-19(24)28-14(2)20(13)22(26)27-12-15-3-5-16(6-4-15)21(25)29-18-9-7-17(23)8-10-18/h3-11H,12H2,1-2H3. The van der Waals surface area contributed by atoms with Crippen molar-refractivity contribution in [1.82, 2.24) is 0 Å². The van der Waals surface area contributed by atoms with E-state index in [0.717, 1.165) is 0 Å². The van der Waals surface area contributed by atoms with Gasteiger partial charge in [0.1, 0.15) is 23.7 Å². The number of ether oxygens (including phenoxy) is 2. The molecule has 29 heavy (non-hydrogen) atoms. The number of carbonyl (C=O) groups excluding carboxylic acids is 2. The number of rotatable bonds is 5. The lowest BCUT2D eigenvalue weighted by atomic mass is 10.1. The van der Waals surface area contributed by atoms with E-state index in [1.165, 1.54) is 13.0 Å². The Hall–Kier alpha value is -3.38. The maximum atomic E-state index is 12.3. The Balaban J connectivity index is 1.62. The topological polar surface area (TPSA) is 82.8 Å². The molecule has 7 heteroatoms. The van der Waals surface area contributed by atoms with Crippen LogP contribution >= 0.6 is 11.6 Å². The summed E-state index contributed by atoms with van der Waals surface area (Å²) >= 11 is 5.80. The van der Waals surface area contributed by atoms with Crippen LogP contribution in [0.2, 0.25) is 5.02 Å². The molecule has 1 heterocycles. The molecule has 6 nitrogen and oxygen atoms in total. The van der Waals surface area contributed by atoms with Crippen LogP contribution in [0.3, 0.4) is 0 Å². The minimum absolute atomic E-state index is 0.00333. The molecule has 0 N–H and O–H groups in total. The lowest BCUT2D eigenvalue weighted by Crippen LogP contribution is -2.13. The number of esters is 2. The van der Waals surface area contributed by atoms with E-state index in [1.807, 2.05) is 0 Å². The van der Waals surface area contributed by atoms with Gasteiger partial charge in [0, 0.05) is 11.1 Å². The molecule has 0 amide bonds. The molecule has 0 radical (unpaired) electrons. The van der Waals surface area contributed by atoms with E-state index in [9.17, 15) is 14.4 Å². The minimum atomic E-state index is -0.588. The number of hydrogen-bond acceptors (Lipinski definition) is 6. The second-order valence-electron chi connectivity index (χ2n) is 6.30. The third-order valence-electron chi connectivity index (χ3n) is 4.12. The fourth-order valence-electron chi connectivity index (χ4n) is 2.69. The van der Waals surface area contributed by atoms with E-state index in [-0.39, 0.29) is 17.9 Å². The van der Waals surface area contributed by atoms with Crippen molar-refractivity contribution in [2.24, 2.45) is 0 Å². The highest BCUT2D eigenvalue weighted by molar-refractivity contribution is 6.30. The summed E-state index contributed by atoms with van der Waals surface area (Å²) in [6.07, 6.45) is 0. The molecule has 0 spiro atoms. The van der Waals surface area contributed by atoms with Crippen molar-refractivity contribution in [2.45, 2.75) is 20.5 Å². The molecule has 0 bridgehead atoms. The zero-order valence-electron chi connectivity index (χ0n) is 15.7. The van der Waals surface area contributed by atoms with Crippen molar-refractivity contribution < 1.29 is 23.5 Å². The fraction of sp³-hybridized carbons (Fsp3) is 0.136. The van der Waals surface area contributed by atoms with Gasteiger partial charge in [0.15, 0.2) is 0 Å². The summed E-state index contributed by atoms with van der Waals surface area (Å²) in [5.74, 6) is -0.505. The summed E-state index contributed by atoms with van der Waals surface area (Å²) in [6.45, 7) is 3.18. The van der Waals surface area contributed by atoms with Gasteiger partial charge in [0.2, 0.25) is 0 Å². The zero-order valence-corrected chi connectivity index (χ0v) is 16.5. The van der Waals surface area contributed by atoms with Gasteiger partial charge in [0.25, 0.3) is 0 Å². The molecular formula is C22H17ClO6. The molecule has 0 unspecified atom stereocenters. The first-order chi connectivity index (χ1) is 13.8. The van der Waals surface area contributed by atoms with Crippen LogP contribution in [-0.4, -0.2) is 11.9 Å². The van der Waals surface area contributed by atoms with E-state index in [1.54, 1.807) is 55.5 Å². The Morgan fingerprint density at radius 2 is 1.62 bits per heavy atom. The predicted molar refractivity (Wildman–Crippen MR) is 106 cm³/mol. The first-order valence-corrected chi connectivity index (χ1v) is 9.06. The summed E-state index contributed by atoms with van der Waals surface area (Å²) in [5.41, 5.74) is 1.25. The summed E-state index contributed by atoms with van der Waals surface area (Å²) in [6, 6.07) is 14.2. The van der Waals surface area contributed by atoms with Gasteiger partial charge < -0.3 is 13.9 Å². The number of benzene rings is 2. The third kappa shape index (κ3) is 5.12. The zero-order chi connectivity index (χ0) is 21.0. The van der Waals surface area contributed by atoms with Gasteiger partial charge in [-0.15, -0.1) is 0 Å². The summed E-state index contributed by atoms with van der Waals surface area (Å²) in [4.78, 5) is 35.8. The molecule has 0 atom stereocenters. The van der Waals surface area contributed by atoms with E-state index in [0.29, 0.717) is 27.5 Å². The normalized spacial score (nSPS) is 10.4. The van der Waals surface area contributed by atoms with Crippen molar-refractivity contribution in [3.05, 3.63) is 98.1 Å². The van der Waals surface area contributed by atoms with Gasteiger partial charge in [-0.2, -0.15) is 0 Å². The Morgan fingerprint density at radius 3 is 2.24 bits per heavy atom. The molecule has 0 aliphatic carbocycles. The first-order valence-electron chi connectivity index (χ1n) is 8.68. The van der Waals surface area contributed by atoms with Crippen LogP contribution in [0.4, 0.5) is 0 Å². The van der Waals surface area contributed by atoms with Crippen LogP contribution in [0.5, 0.6) is 5.75 Å². The first kappa shape index (κ1) is 20.4. The van der Waals surface area contributed by atoms with Crippen LogP contribution in [0.25, 0.3) is 0 Å². The highest BCUT2D eigenvalue weighted by Crippen LogP contribution is 2.18. The smallest absolute Gasteiger partial charge is 0.343 e. The molecular weight excluding hydrogens is 396 g/mol. The second kappa shape index (κ2) is 8.75. The third-order valence-corrected chi connectivity index (χ3v) is 4.37. The van der Waals surface area contributed by atoms with Crippen molar-refractivity contribution in [1.29, 1.82) is 0 Å². The van der Waals surface area contributed by atoms with Gasteiger partial charge >= 0.3 is 17.6 Å². The SMILES string of the molecule is Cc1cc(=O)oc(C)c1C(=O)OCc1ccc(C(=O)Oc2ccc(Cl)cc2)cc1. The average molecular weight is 413 g/mol. The molecule has 2 aromatic carbocycles. The van der Waals surface area contributed by atoms with Gasteiger partial charge in [0.05, 0.1) is 5.56 Å². The van der Waals surface area contributed by atoms with Crippen LogP contribution in [0.1, 0.15) is 37.6 Å². The van der Waals surface area contributed by atoms with E-state index in [2.05, 4.69) is 0 Å². The maximum Gasteiger partial charge on any atom is 0.343 e. The number of hydrogen-bond donors (Lipinski definition) is 0. The molecule has 0 aliphatic rings. The summed E-state index contributed by atoms with van der Waals surface area (Å²) in [5, 5.41) is 0.548. The predicted octanol–water partition coefficient (Wildman–Crippen LogP) is 4.49. The maximum absolute atomic E-state index is 12.3. The molecule has 0 aliphatic heterocycles. The molecule has 148 valence electrons. The van der Waals surface area contributed by atoms with E-state index < -0.39 is 17.6 Å². The highest BCUT2D eigenvalue weighted by atomic mass is 35.5.